The van der Waals surface area contributed by atoms with E-state index in [1.165, 1.54) is 11.1 Å². The Labute approximate surface area is 116 Å². The molecule has 0 atom stereocenters. The zero-order chi connectivity index (χ0) is 14.3. The Morgan fingerprint density at radius 1 is 1.05 bits per heavy atom. The summed E-state index contributed by atoms with van der Waals surface area (Å²) in [7, 11) is 0. The number of carbonyl (C=O) groups is 1. The average molecular weight is 265 g/mol. The molecule has 0 spiro atoms. The van der Waals surface area contributed by atoms with Gasteiger partial charge in [-0.15, -0.1) is 0 Å². The molecule has 0 aliphatic carbocycles. The first-order valence-corrected chi connectivity index (χ1v) is 6.48. The smallest absolute Gasteiger partial charge is 0.335 e. The van der Waals surface area contributed by atoms with E-state index in [2.05, 4.69) is 37.0 Å². The van der Waals surface area contributed by atoms with Crippen LogP contribution in [0.4, 0.5) is 0 Å². The lowest BCUT2D eigenvalue weighted by Crippen LogP contribution is -1.95. The molecular weight excluding hydrogens is 250 g/mol. The molecule has 0 unspecified atom stereocenters. The molecule has 0 radical (unpaired) electrons. The maximum Gasteiger partial charge on any atom is 0.335 e. The number of aromatic amines is 1. The van der Waals surface area contributed by atoms with E-state index in [9.17, 15) is 4.79 Å². The molecule has 0 saturated heterocycles. The van der Waals surface area contributed by atoms with Crippen molar-refractivity contribution in [2.75, 3.05) is 0 Å². The molecular formula is C17H15NO2. The second kappa shape index (κ2) is 4.53. The Bertz CT molecular complexity index is 776. The van der Waals surface area contributed by atoms with Crippen LogP contribution in [0.3, 0.4) is 0 Å². The number of aryl methyl sites for hydroxylation is 2. The van der Waals surface area contributed by atoms with Crippen molar-refractivity contribution >= 4 is 16.9 Å². The predicted octanol–water partition coefficient (Wildman–Crippen LogP) is 4.15. The molecule has 0 aliphatic rings. The molecule has 0 amide bonds. The third-order valence-corrected chi connectivity index (χ3v) is 3.66. The van der Waals surface area contributed by atoms with Crippen LogP contribution in [0.1, 0.15) is 21.5 Å². The summed E-state index contributed by atoms with van der Waals surface area (Å²) < 4.78 is 0. The maximum absolute atomic E-state index is 11.0. The van der Waals surface area contributed by atoms with Crippen molar-refractivity contribution in [3.05, 3.63) is 59.2 Å². The van der Waals surface area contributed by atoms with Gasteiger partial charge in [0.1, 0.15) is 0 Å². The SMILES string of the molecule is Cc1cc2cc(-c3cccc(C(=O)O)c3)[nH]c2cc1C. The van der Waals surface area contributed by atoms with Crippen LogP contribution >= 0.6 is 0 Å². The number of fused-ring (bicyclic) bond motifs is 1. The van der Waals surface area contributed by atoms with Gasteiger partial charge in [-0.1, -0.05) is 12.1 Å². The highest BCUT2D eigenvalue weighted by atomic mass is 16.4. The van der Waals surface area contributed by atoms with E-state index < -0.39 is 5.97 Å². The van der Waals surface area contributed by atoms with E-state index in [4.69, 9.17) is 5.11 Å². The van der Waals surface area contributed by atoms with Gasteiger partial charge in [-0.3, -0.25) is 0 Å². The van der Waals surface area contributed by atoms with E-state index in [0.717, 1.165) is 22.2 Å². The number of rotatable bonds is 2. The van der Waals surface area contributed by atoms with Crippen LogP contribution in [-0.4, -0.2) is 16.1 Å². The van der Waals surface area contributed by atoms with Gasteiger partial charge in [0.05, 0.1) is 5.56 Å². The zero-order valence-electron chi connectivity index (χ0n) is 11.4. The van der Waals surface area contributed by atoms with Crippen LogP contribution < -0.4 is 0 Å². The third kappa shape index (κ3) is 2.07. The van der Waals surface area contributed by atoms with Gasteiger partial charge in [0, 0.05) is 16.6 Å². The number of hydrogen-bond donors (Lipinski definition) is 2. The molecule has 20 heavy (non-hydrogen) atoms. The van der Waals surface area contributed by atoms with Crippen molar-refractivity contribution in [3.63, 3.8) is 0 Å². The standard InChI is InChI=1S/C17H15NO2/c1-10-6-14-9-16(18-15(14)7-11(10)2)12-4-3-5-13(8-12)17(19)20/h3-9,18H,1-2H3,(H,19,20). The molecule has 3 nitrogen and oxygen atoms in total. The fourth-order valence-corrected chi connectivity index (χ4v) is 2.38. The first-order chi connectivity index (χ1) is 9.54. The Morgan fingerprint density at radius 3 is 2.55 bits per heavy atom. The minimum absolute atomic E-state index is 0.300. The number of hydrogen-bond acceptors (Lipinski definition) is 1. The molecule has 2 aromatic carbocycles. The van der Waals surface area contributed by atoms with Gasteiger partial charge >= 0.3 is 5.97 Å². The first kappa shape index (κ1) is 12.5. The van der Waals surface area contributed by atoms with Crippen LogP contribution in [-0.2, 0) is 0 Å². The number of carboxylic acid groups (broad SMARTS) is 1. The fraction of sp³-hybridized carbons (Fsp3) is 0.118. The second-order valence-corrected chi connectivity index (χ2v) is 5.09. The summed E-state index contributed by atoms with van der Waals surface area (Å²) >= 11 is 0. The topological polar surface area (TPSA) is 53.1 Å². The normalized spacial score (nSPS) is 10.9. The minimum Gasteiger partial charge on any atom is -0.478 e. The van der Waals surface area contributed by atoms with Crippen LogP contribution in [0.15, 0.2) is 42.5 Å². The predicted molar refractivity (Wildman–Crippen MR) is 80.2 cm³/mol. The fourth-order valence-electron chi connectivity index (χ4n) is 2.38. The molecule has 3 aromatic rings. The van der Waals surface area contributed by atoms with Gasteiger partial charge in [0.25, 0.3) is 0 Å². The first-order valence-electron chi connectivity index (χ1n) is 6.48. The van der Waals surface area contributed by atoms with Crippen LogP contribution in [0.5, 0.6) is 0 Å². The second-order valence-electron chi connectivity index (χ2n) is 5.09. The number of carboxylic acids is 1. The quantitative estimate of drug-likeness (QED) is 0.731. The third-order valence-electron chi connectivity index (χ3n) is 3.66. The summed E-state index contributed by atoms with van der Waals surface area (Å²) in [6.07, 6.45) is 0. The molecule has 0 bridgehead atoms. The lowest BCUT2D eigenvalue weighted by molar-refractivity contribution is 0.0697. The number of benzene rings is 2. The lowest BCUT2D eigenvalue weighted by Gasteiger charge is -2.00. The van der Waals surface area contributed by atoms with Crippen molar-refractivity contribution in [3.8, 4) is 11.3 Å². The zero-order valence-corrected chi connectivity index (χ0v) is 11.4. The van der Waals surface area contributed by atoms with Gasteiger partial charge in [-0.05, 0) is 60.9 Å². The Hall–Kier alpha value is -2.55. The molecule has 2 N–H and O–H groups in total. The molecule has 0 aliphatic heterocycles. The van der Waals surface area contributed by atoms with Crippen molar-refractivity contribution in [2.24, 2.45) is 0 Å². The van der Waals surface area contributed by atoms with Crippen molar-refractivity contribution in [2.45, 2.75) is 13.8 Å². The van der Waals surface area contributed by atoms with E-state index in [0.29, 0.717) is 5.56 Å². The summed E-state index contributed by atoms with van der Waals surface area (Å²) in [5, 5.41) is 10.2. The van der Waals surface area contributed by atoms with Crippen LogP contribution in [0, 0.1) is 13.8 Å². The molecule has 0 saturated carbocycles. The Balaban J connectivity index is 2.15. The van der Waals surface area contributed by atoms with Gasteiger partial charge in [-0.2, -0.15) is 0 Å². The summed E-state index contributed by atoms with van der Waals surface area (Å²) in [5.74, 6) is -0.908. The average Bonchev–Trinajstić information content (AvgIpc) is 2.82. The van der Waals surface area contributed by atoms with E-state index >= 15 is 0 Å². The monoisotopic (exact) mass is 265 g/mol. The van der Waals surface area contributed by atoms with E-state index in [-0.39, 0.29) is 0 Å². The molecule has 3 rings (SSSR count). The summed E-state index contributed by atoms with van der Waals surface area (Å²) in [6.45, 7) is 4.17. The molecule has 3 heteroatoms. The number of aromatic carboxylic acids is 1. The molecule has 1 heterocycles. The Morgan fingerprint density at radius 2 is 1.80 bits per heavy atom. The van der Waals surface area contributed by atoms with Gasteiger partial charge in [0.15, 0.2) is 0 Å². The summed E-state index contributed by atoms with van der Waals surface area (Å²) in [4.78, 5) is 14.4. The van der Waals surface area contributed by atoms with Crippen molar-refractivity contribution in [1.82, 2.24) is 4.98 Å². The van der Waals surface area contributed by atoms with E-state index in [1.807, 2.05) is 6.07 Å². The highest BCUT2D eigenvalue weighted by Gasteiger charge is 2.08. The number of nitrogens with one attached hydrogen (secondary N) is 1. The number of aromatic nitrogens is 1. The molecule has 0 fully saturated rings. The van der Waals surface area contributed by atoms with Crippen LogP contribution in [0.25, 0.3) is 22.2 Å². The van der Waals surface area contributed by atoms with Crippen LogP contribution in [0.2, 0.25) is 0 Å². The van der Waals surface area contributed by atoms with Gasteiger partial charge < -0.3 is 10.1 Å². The largest absolute Gasteiger partial charge is 0.478 e. The summed E-state index contributed by atoms with van der Waals surface area (Å²) in [6, 6.07) is 13.3. The minimum atomic E-state index is -0.908. The highest BCUT2D eigenvalue weighted by Crippen LogP contribution is 2.26. The summed E-state index contributed by atoms with van der Waals surface area (Å²) in [5.41, 5.74) is 5.69. The van der Waals surface area contributed by atoms with Gasteiger partial charge in [-0.25, -0.2) is 4.79 Å². The van der Waals surface area contributed by atoms with E-state index in [1.54, 1.807) is 18.2 Å². The number of H-pyrrole nitrogens is 1. The molecule has 100 valence electrons. The van der Waals surface area contributed by atoms with Gasteiger partial charge in [0.2, 0.25) is 0 Å². The van der Waals surface area contributed by atoms with Crippen molar-refractivity contribution < 1.29 is 9.90 Å². The van der Waals surface area contributed by atoms with Crippen molar-refractivity contribution in [1.29, 1.82) is 0 Å². The Kier molecular flexibility index (Phi) is 2.83. The maximum atomic E-state index is 11.0. The highest BCUT2D eigenvalue weighted by molar-refractivity contribution is 5.91. The lowest BCUT2D eigenvalue weighted by atomic mass is 10.1. The molecule has 1 aromatic heterocycles.